The van der Waals surface area contributed by atoms with Crippen LogP contribution in [0.25, 0.3) is 0 Å². The lowest BCUT2D eigenvalue weighted by molar-refractivity contribution is 0.622. The van der Waals surface area contributed by atoms with Crippen molar-refractivity contribution in [1.82, 2.24) is 15.2 Å². The lowest BCUT2D eigenvalue weighted by Crippen LogP contribution is -2.28. The molecule has 1 aromatic rings. The van der Waals surface area contributed by atoms with Crippen LogP contribution in [0.1, 0.15) is 41.0 Å². The molecule has 1 unspecified atom stereocenters. The first-order valence-electron chi connectivity index (χ1n) is 5.65. The fraction of sp³-hybridized carbons (Fsp3) is 0.727. The van der Waals surface area contributed by atoms with Gasteiger partial charge in [-0.3, -0.25) is 0 Å². The van der Waals surface area contributed by atoms with Crippen LogP contribution in [0.3, 0.4) is 0 Å². The molecule has 0 spiro atoms. The molecule has 0 saturated heterocycles. The van der Waals surface area contributed by atoms with E-state index in [0.29, 0.717) is 12.0 Å². The molecule has 0 aliphatic heterocycles. The molecule has 1 atom stereocenters. The lowest BCUT2D eigenvalue weighted by atomic mass is 10.1. The van der Waals surface area contributed by atoms with Crippen molar-refractivity contribution >= 4 is 11.8 Å². The van der Waals surface area contributed by atoms with Gasteiger partial charge in [-0.2, -0.15) is 10.1 Å². The Morgan fingerprint density at radius 1 is 1.38 bits per heavy atom. The molecule has 0 aliphatic carbocycles. The third-order valence-corrected chi connectivity index (χ3v) is 2.05. The number of aromatic nitrogens is 3. The van der Waals surface area contributed by atoms with E-state index in [9.17, 15) is 0 Å². The van der Waals surface area contributed by atoms with Gasteiger partial charge >= 0.3 is 0 Å². The van der Waals surface area contributed by atoms with Gasteiger partial charge in [-0.05, 0) is 34.1 Å². The predicted octanol–water partition coefficient (Wildman–Crippen LogP) is 2.29. The van der Waals surface area contributed by atoms with Gasteiger partial charge in [-0.1, -0.05) is 6.92 Å². The molecule has 90 valence electrons. The van der Waals surface area contributed by atoms with Crippen LogP contribution in [0.15, 0.2) is 6.20 Å². The summed E-state index contributed by atoms with van der Waals surface area (Å²) in [5, 5.41) is 14.3. The Hall–Kier alpha value is -1.39. The van der Waals surface area contributed by atoms with Crippen LogP contribution in [-0.2, 0) is 0 Å². The van der Waals surface area contributed by atoms with Crippen molar-refractivity contribution in [2.45, 2.75) is 52.6 Å². The zero-order valence-electron chi connectivity index (χ0n) is 10.7. The molecule has 1 aromatic heterocycles. The molecule has 0 aliphatic rings. The van der Waals surface area contributed by atoms with Crippen LogP contribution in [0, 0.1) is 0 Å². The fourth-order valence-electron chi connectivity index (χ4n) is 1.12. The van der Waals surface area contributed by atoms with Gasteiger partial charge in [0.2, 0.25) is 5.95 Å². The summed E-state index contributed by atoms with van der Waals surface area (Å²) < 4.78 is 0. The molecule has 0 fully saturated rings. The van der Waals surface area contributed by atoms with Crippen LogP contribution in [0.2, 0.25) is 0 Å². The summed E-state index contributed by atoms with van der Waals surface area (Å²) in [5.41, 5.74) is -0.0589. The summed E-state index contributed by atoms with van der Waals surface area (Å²) in [6.45, 7) is 10.4. The van der Waals surface area contributed by atoms with Gasteiger partial charge in [0.1, 0.15) is 0 Å². The molecule has 0 aromatic carbocycles. The molecule has 5 heteroatoms. The van der Waals surface area contributed by atoms with Crippen LogP contribution in [0.4, 0.5) is 11.8 Å². The number of anilines is 2. The zero-order valence-corrected chi connectivity index (χ0v) is 10.7. The van der Waals surface area contributed by atoms with Crippen molar-refractivity contribution in [3.63, 3.8) is 0 Å². The van der Waals surface area contributed by atoms with Crippen LogP contribution < -0.4 is 10.6 Å². The van der Waals surface area contributed by atoms with E-state index in [1.54, 1.807) is 6.20 Å². The summed E-state index contributed by atoms with van der Waals surface area (Å²) in [7, 11) is 0. The van der Waals surface area contributed by atoms with Crippen LogP contribution in [-0.4, -0.2) is 26.8 Å². The van der Waals surface area contributed by atoms with Gasteiger partial charge in [0, 0.05) is 11.6 Å². The van der Waals surface area contributed by atoms with Crippen molar-refractivity contribution < 1.29 is 0 Å². The molecule has 0 radical (unpaired) electrons. The Morgan fingerprint density at radius 2 is 2.06 bits per heavy atom. The summed E-state index contributed by atoms with van der Waals surface area (Å²) >= 11 is 0. The molecule has 0 bridgehead atoms. The average molecular weight is 223 g/mol. The first kappa shape index (κ1) is 12.7. The van der Waals surface area contributed by atoms with E-state index in [2.05, 4.69) is 60.4 Å². The Balaban J connectivity index is 2.71. The molecule has 1 heterocycles. The fourth-order valence-corrected chi connectivity index (χ4v) is 1.12. The van der Waals surface area contributed by atoms with Crippen molar-refractivity contribution in [1.29, 1.82) is 0 Å². The highest BCUT2D eigenvalue weighted by molar-refractivity contribution is 5.38. The van der Waals surface area contributed by atoms with Crippen LogP contribution >= 0.6 is 0 Å². The quantitative estimate of drug-likeness (QED) is 0.820. The summed E-state index contributed by atoms with van der Waals surface area (Å²) in [6.07, 6.45) is 2.69. The SMILES string of the molecule is CCC(C)Nc1cnnc(NC(C)(C)C)n1. The third-order valence-electron chi connectivity index (χ3n) is 2.05. The van der Waals surface area contributed by atoms with E-state index in [0.717, 1.165) is 12.2 Å². The Kier molecular flexibility index (Phi) is 4.04. The van der Waals surface area contributed by atoms with E-state index >= 15 is 0 Å². The molecular weight excluding hydrogens is 202 g/mol. The molecule has 2 N–H and O–H groups in total. The smallest absolute Gasteiger partial charge is 0.245 e. The van der Waals surface area contributed by atoms with Crippen LogP contribution in [0.5, 0.6) is 0 Å². The second-order valence-electron chi connectivity index (χ2n) is 4.99. The summed E-state index contributed by atoms with van der Waals surface area (Å²) in [6, 6.07) is 0.388. The molecule has 0 saturated carbocycles. The molecular formula is C11H21N5. The van der Waals surface area contributed by atoms with Crippen molar-refractivity contribution in [2.24, 2.45) is 0 Å². The molecule has 0 amide bonds. The highest BCUT2D eigenvalue weighted by atomic mass is 15.3. The molecule has 1 rings (SSSR count). The van der Waals surface area contributed by atoms with Gasteiger partial charge in [-0.25, -0.2) is 0 Å². The first-order valence-corrected chi connectivity index (χ1v) is 5.65. The number of hydrogen-bond acceptors (Lipinski definition) is 5. The normalized spacial score (nSPS) is 13.3. The minimum absolute atomic E-state index is 0.0589. The molecule has 16 heavy (non-hydrogen) atoms. The largest absolute Gasteiger partial charge is 0.366 e. The van der Waals surface area contributed by atoms with E-state index in [1.165, 1.54) is 0 Å². The maximum Gasteiger partial charge on any atom is 0.245 e. The number of rotatable bonds is 4. The molecule has 5 nitrogen and oxygen atoms in total. The zero-order chi connectivity index (χ0) is 12.2. The van der Waals surface area contributed by atoms with E-state index in [1.807, 2.05) is 0 Å². The van der Waals surface area contributed by atoms with Gasteiger partial charge in [0.15, 0.2) is 5.82 Å². The minimum Gasteiger partial charge on any atom is -0.366 e. The van der Waals surface area contributed by atoms with Crippen molar-refractivity contribution in [3.05, 3.63) is 6.20 Å². The number of nitrogens with one attached hydrogen (secondary N) is 2. The highest BCUT2D eigenvalue weighted by Crippen LogP contribution is 2.11. The predicted molar refractivity (Wildman–Crippen MR) is 66.6 cm³/mol. The maximum atomic E-state index is 4.35. The minimum atomic E-state index is -0.0589. The van der Waals surface area contributed by atoms with Crippen molar-refractivity contribution in [3.8, 4) is 0 Å². The standard InChI is InChI=1S/C11H21N5/c1-6-8(2)13-9-7-12-16-10(14-9)15-11(3,4)5/h7-8H,6H2,1-5H3,(H2,13,14,15,16). The summed E-state index contributed by atoms with van der Waals surface area (Å²) in [4.78, 5) is 4.35. The average Bonchev–Trinajstić information content (AvgIpc) is 2.15. The number of hydrogen-bond donors (Lipinski definition) is 2. The Bertz CT molecular complexity index is 331. The van der Waals surface area contributed by atoms with Gasteiger partial charge in [0.25, 0.3) is 0 Å². The Labute approximate surface area is 97.1 Å². The van der Waals surface area contributed by atoms with Crippen molar-refractivity contribution in [2.75, 3.05) is 10.6 Å². The van der Waals surface area contributed by atoms with Gasteiger partial charge in [0.05, 0.1) is 6.20 Å². The van der Waals surface area contributed by atoms with Gasteiger partial charge in [-0.15, -0.1) is 5.10 Å². The monoisotopic (exact) mass is 223 g/mol. The van der Waals surface area contributed by atoms with E-state index < -0.39 is 0 Å². The van der Waals surface area contributed by atoms with E-state index in [-0.39, 0.29) is 5.54 Å². The highest BCUT2D eigenvalue weighted by Gasteiger charge is 2.12. The van der Waals surface area contributed by atoms with E-state index in [4.69, 9.17) is 0 Å². The first-order chi connectivity index (χ1) is 7.40. The second-order valence-corrected chi connectivity index (χ2v) is 4.99. The Morgan fingerprint density at radius 3 is 2.62 bits per heavy atom. The number of nitrogens with zero attached hydrogens (tertiary/aromatic N) is 3. The topological polar surface area (TPSA) is 62.7 Å². The maximum absolute atomic E-state index is 4.35. The second kappa shape index (κ2) is 5.09. The summed E-state index contributed by atoms with van der Waals surface area (Å²) in [5.74, 6) is 1.32. The van der Waals surface area contributed by atoms with Gasteiger partial charge < -0.3 is 10.6 Å². The lowest BCUT2D eigenvalue weighted by Gasteiger charge is -2.20. The third kappa shape index (κ3) is 4.42.